The standard InChI is InChI=1S/C19H23NO2/c1-14-11-12-16-9-5-6-10-17(16)19(14)22-20-18(21)13-15-7-3-2-4-8-15/h5-6,9-12,15H,2-4,7-8,13H2,1H3,(H,20,21). The van der Waals surface area contributed by atoms with E-state index in [1.165, 1.54) is 32.1 Å². The van der Waals surface area contributed by atoms with Gasteiger partial charge in [-0.3, -0.25) is 4.79 Å². The van der Waals surface area contributed by atoms with Crippen molar-refractivity contribution in [2.24, 2.45) is 5.92 Å². The topological polar surface area (TPSA) is 38.3 Å². The molecule has 1 aliphatic carbocycles. The summed E-state index contributed by atoms with van der Waals surface area (Å²) in [5, 5.41) is 2.14. The van der Waals surface area contributed by atoms with Crippen LogP contribution in [0.15, 0.2) is 36.4 Å². The summed E-state index contributed by atoms with van der Waals surface area (Å²) in [4.78, 5) is 17.7. The van der Waals surface area contributed by atoms with Crippen LogP contribution in [0.2, 0.25) is 0 Å². The van der Waals surface area contributed by atoms with Gasteiger partial charge in [0.05, 0.1) is 0 Å². The maximum absolute atomic E-state index is 12.1. The van der Waals surface area contributed by atoms with Crippen molar-refractivity contribution in [2.75, 3.05) is 0 Å². The third-order valence-electron chi connectivity index (χ3n) is 4.54. The van der Waals surface area contributed by atoms with Crippen LogP contribution in [0.4, 0.5) is 0 Å². The fourth-order valence-electron chi connectivity index (χ4n) is 3.29. The van der Waals surface area contributed by atoms with Crippen LogP contribution in [0.5, 0.6) is 5.75 Å². The number of benzene rings is 2. The summed E-state index contributed by atoms with van der Waals surface area (Å²) >= 11 is 0. The van der Waals surface area contributed by atoms with E-state index in [-0.39, 0.29) is 5.91 Å². The van der Waals surface area contributed by atoms with E-state index < -0.39 is 0 Å². The molecule has 0 spiro atoms. The third kappa shape index (κ3) is 3.41. The first-order valence-electron chi connectivity index (χ1n) is 8.18. The van der Waals surface area contributed by atoms with Crippen LogP contribution in [0.25, 0.3) is 10.8 Å². The van der Waals surface area contributed by atoms with Crippen LogP contribution in [-0.2, 0) is 4.79 Å². The van der Waals surface area contributed by atoms with Gasteiger partial charge in [-0.2, -0.15) is 5.48 Å². The molecule has 22 heavy (non-hydrogen) atoms. The minimum absolute atomic E-state index is 0.0146. The Kier molecular flexibility index (Phi) is 4.62. The summed E-state index contributed by atoms with van der Waals surface area (Å²) in [5.41, 5.74) is 3.66. The Morgan fingerprint density at radius 3 is 2.73 bits per heavy atom. The Labute approximate surface area is 131 Å². The molecule has 1 N–H and O–H groups in total. The molecule has 0 atom stereocenters. The first-order chi connectivity index (χ1) is 10.7. The van der Waals surface area contributed by atoms with Crippen LogP contribution in [0.3, 0.4) is 0 Å². The van der Waals surface area contributed by atoms with E-state index >= 15 is 0 Å². The van der Waals surface area contributed by atoms with Crippen molar-refractivity contribution < 1.29 is 9.63 Å². The molecule has 0 aliphatic heterocycles. The molecule has 0 radical (unpaired) electrons. The van der Waals surface area contributed by atoms with Crippen LogP contribution in [-0.4, -0.2) is 5.91 Å². The molecule has 1 fully saturated rings. The zero-order valence-electron chi connectivity index (χ0n) is 13.1. The predicted molar refractivity (Wildman–Crippen MR) is 88.6 cm³/mol. The second-order valence-corrected chi connectivity index (χ2v) is 6.27. The molecule has 0 saturated heterocycles. The molecule has 3 nitrogen and oxygen atoms in total. The first-order valence-corrected chi connectivity index (χ1v) is 8.18. The van der Waals surface area contributed by atoms with E-state index in [1.807, 2.05) is 37.3 Å². The van der Waals surface area contributed by atoms with E-state index in [0.29, 0.717) is 12.3 Å². The molecule has 3 heteroatoms. The smallest absolute Gasteiger partial charge is 0.252 e. The summed E-state index contributed by atoms with van der Waals surface area (Å²) < 4.78 is 0. The summed E-state index contributed by atoms with van der Waals surface area (Å²) in [6, 6.07) is 12.1. The lowest BCUT2D eigenvalue weighted by Gasteiger charge is -2.21. The number of carbonyl (C=O) groups is 1. The predicted octanol–water partition coefficient (Wildman–Crippen LogP) is 4.53. The summed E-state index contributed by atoms with van der Waals surface area (Å²) in [7, 11) is 0. The quantitative estimate of drug-likeness (QED) is 0.842. The molecule has 0 aromatic heterocycles. The zero-order valence-corrected chi connectivity index (χ0v) is 13.1. The molecule has 3 rings (SSSR count). The van der Waals surface area contributed by atoms with Gasteiger partial charge >= 0.3 is 0 Å². The maximum Gasteiger partial charge on any atom is 0.252 e. The van der Waals surface area contributed by atoms with Crippen molar-refractivity contribution in [2.45, 2.75) is 45.4 Å². The average molecular weight is 297 g/mol. The van der Waals surface area contributed by atoms with Crippen molar-refractivity contribution in [1.29, 1.82) is 0 Å². The second-order valence-electron chi connectivity index (χ2n) is 6.27. The number of nitrogens with one attached hydrogen (secondary N) is 1. The molecule has 1 aliphatic rings. The number of hydrogen-bond donors (Lipinski definition) is 1. The van der Waals surface area contributed by atoms with E-state index in [2.05, 4.69) is 11.5 Å². The Balaban J connectivity index is 1.65. The highest BCUT2D eigenvalue weighted by Gasteiger charge is 2.17. The van der Waals surface area contributed by atoms with E-state index in [1.54, 1.807) is 0 Å². The number of hydroxylamine groups is 1. The highest BCUT2D eigenvalue weighted by atomic mass is 16.7. The molecule has 2 aromatic rings. The molecule has 0 bridgehead atoms. The lowest BCUT2D eigenvalue weighted by Crippen LogP contribution is -2.29. The largest absolute Gasteiger partial charge is 0.379 e. The number of rotatable bonds is 4. The molecular weight excluding hydrogens is 274 g/mol. The van der Waals surface area contributed by atoms with Crippen molar-refractivity contribution in [3.63, 3.8) is 0 Å². The van der Waals surface area contributed by atoms with Crippen molar-refractivity contribution in [3.8, 4) is 5.75 Å². The number of amides is 1. The fraction of sp³-hybridized carbons (Fsp3) is 0.421. The van der Waals surface area contributed by atoms with Gasteiger partial charge in [0, 0.05) is 11.8 Å². The highest BCUT2D eigenvalue weighted by Crippen LogP contribution is 2.29. The average Bonchev–Trinajstić information content (AvgIpc) is 2.55. The van der Waals surface area contributed by atoms with Gasteiger partial charge < -0.3 is 4.84 Å². The summed E-state index contributed by atoms with van der Waals surface area (Å²) in [5.74, 6) is 1.25. The lowest BCUT2D eigenvalue weighted by atomic mass is 9.87. The molecule has 1 saturated carbocycles. The monoisotopic (exact) mass is 297 g/mol. The molecule has 0 unspecified atom stereocenters. The van der Waals surface area contributed by atoms with E-state index in [0.717, 1.165) is 22.1 Å². The molecule has 1 amide bonds. The van der Waals surface area contributed by atoms with Gasteiger partial charge in [-0.25, -0.2) is 0 Å². The lowest BCUT2D eigenvalue weighted by molar-refractivity contribution is -0.128. The minimum atomic E-state index is -0.0146. The Morgan fingerprint density at radius 1 is 1.14 bits per heavy atom. The van der Waals surface area contributed by atoms with Crippen molar-refractivity contribution >= 4 is 16.7 Å². The first kappa shape index (κ1) is 14.9. The van der Waals surface area contributed by atoms with E-state index in [9.17, 15) is 4.79 Å². The Bertz CT molecular complexity index is 660. The molecular formula is C19H23NO2. The van der Waals surface area contributed by atoms with Gasteiger partial charge in [-0.1, -0.05) is 55.7 Å². The maximum atomic E-state index is 12.1. The Morgan fingerprint density at radius 2 is 1.91 bits per heavy atom. The second kappa shape index (κ2) is 6.82. The number of aryl methyl sites for hydroxylation is 1. The molecule has 2 aromatic carbocycles. The van der Waals surface area contributed by atoms with Gasteiger partial charge in [-0.15, -0.1) is 0 Å². The van der Waals surface area contributed by atoms with Gasteiger partial charge in [0.25, 0.3) is 5.91 Å². The molecule has 0 heterocycles. The molecule has 116 valence electrons. The fourth-order valence-corrected chi connectivity index (χ4v) is 3.29. The summed E-state index contributed by atoms with van der Waals surface area (Å²) in [6.45, 7) is 2.00. The van der Waals surface area contributed by atoms with Gasteiger partial charge in [0.15, 0.2) is 5.75 Å². The number of hydrogen-bond acceptors (Lipinski definition) is 2. The highest BCUT2D eigenvalue weighted by molar-refractivity contribution is 5.89. The number of carbonyl (C=O) groups excluding carboxylic acids is 1. The van der Waals surface area contributed by atoms with Gasteiger partial charge in [0.2, 0.25) is 0 Å². The number of fused-ring (bicyclic) bond motifs is 1. The normalized spacial score (nSPS) is 15.7. The van der Waals surface area contributed by atoms with Crippen LogP contribution in [0.1, 0.15) is 44.1 Å². The SMILES string of the molecule is Cc1ccc2ccccc2c1ONC(=O)CC1CCCCC1. The van der Waals surface area contributed by atoms with Crippen LogP contribution in [0, 0.1) is 12.8 Å². The third-order valence-corrected chi connectivity index (χ3v) is 4.54. The Hall–Kier alpha value is -2.03. The van der Waals surface area contributed by atoms with Crippen LogP contribution >= 0.6 is 0 Å². The van der Waals surface area contributed by atoms with Crippen molar-refractivity contribution in [1.82, 2.24) is 5.48 Å². The summed E-state index contributed by atoms with van der Waals surface area (Å²) in [6.07, 6.45) is 6.72. The van der Waals surface area contributed by atoms with Crippen LogP contribution < -0.4 is 10.3 Å². The van der Waals surface area contributed by atoms with Crippen molar-refractivity contribution in [3.05, 3.63) is 42.0 Å². The minimum Gasteiger partial charge on any atom is -0.379 e. The van der Waals surface area contributed by atoms with Gasteiger partial charge in [-0.05, 0) is 36.6 Å². The zero-order chi connectivity index (χ0) is 15.4. The van der Waals surface area contributed by atoms with E-state index in [4.69, 9.17) is 4.84 Å². The van der Waals surface area contributed by atoms with Gasteiger partial charge in [0.1, 0.15) is 0 Å².